The zero-order valence-corrected chi connectivity index (χ0v) is 23.9. The van der Waals surface area contributed by atoms with Crippen molar-refractivity contribution in [3.8, 4) is 0 Å². The molecule has 0 saturated carbocycles. The van der Waals surface area contributed by atoms with Crippen molar-refractivity contribution >= 4 is 43.5 Å². The molecule has 0 saturated heterocycles. The van der Waals surface area contributed by atoms with Gasteiger partial charge < -0.3 is 10.2 Å². The number of sulfonamides is 1. The molecule has 0 spiro atoms. The van der Waals surface area contributed by atoms with Gasteiger partial charge >= 0.3 is 0 Å². The van der Waals surface area contributed by atoms with Gasteiger partial charge in [0.2, 0.25) is 11.8 Å². The van der Waals surface area contributed by atoms with Crippen LogP contribution in [0.25, 0.3) is 0 Å². The predicted molar refractivity (Wildman–Crippen MR) is 149 cm³/mol. The summed E-state index contributed by atoms with van der Waals surface area (Å²) in [5.41, 5.74) is 0.476. The molecule has 1 unspecified atom stereocenters. The van der Waals surface area contributed by atoms with E-state index < -0.39 is 40.2 Å². The quantitative estimate of drug-likeness (QED) is 0.335. The van der Waals surface area contributed by atoms with Crippen LogP contribution >= 0.6 is 15.9 Å². The van der Waals surface area contributed by atoms with Gasteiger partial charge in [-0.05, 0) is 49.2 Å². The highest BCUT2D eigenvalue weighted by Crippen LogP contribution is 2.27. The number of rotatable bonds is 11. The van der Waals surface area contributed by atoms with E-state index in [0.29, 0.717) is 11.0 Å². The Labute approximate surface area is 231 Å². The van der Waals surface area contributed by atoms with E-state index in [1.54, 1.807) is 55.5 Å². The fourth-order valence-corrected chi connectivity index (χ4v) is 5.54. The Morgan fingerprint density at radius 1 is 0.947 bits per heavy atom. The number of benzene rings is 3. The second-order valence-electron chi connectivity index (χ2n) is 9.23. The lowest BCUT2D eigenvalue weighted by molar-refractivity contribution is -0.139. The summed E-state index contributed by atoms with van der Waals surface area (Å²) in [6, 6.07) is 19.4. The molecule has 10 heteroatoms. The summed E-state index contributed by atoms with van der Waals surface area (Å²) in [7, 11) is -4.16. The first-order valence-corrected chi connectivity index (χ1v) is 14.4. The minimum Gasteiger partial charge on any atom is -0.354 e. The lowest BCUT2D eigenvalue weighted by Gasteiger charge is -2.32. The Morgan fingerprint density at radius 2 is 1.61 bits per heavy atom. The molecule has 0 aliphatic heterocycles. The first kappa shape index (κ1) is 29.3. The second kappa shape index (κ2) is 13.0. The molecule has 3 rings (SSSR count). The smallest absolute Gasteiger partial charge is 0.264 e. The van der Waals surface area contributed by atoms with Gasteiger partial charge in [-0.15, -0.1) is 0 Å². The van der Waals surface area contributed by atoms with E-state index in [1.165, 1.54) is 35.2 Å². The van der Waals surface area contributed by atoms with E-state index >= 15 is 0 Å². The topological polar surface area (TPSA) is 86.8 Å². The van der Waals surface area contributed by atoms with Crippen molar-refractivity contribution in [3.63, 3.8) is 0 Å². The summed E-state index contributed by atoms with van der Waals surface area (Å²) in [5.74, 6) is -1.41. The van der Waals surface area contributed by atoms with Crippen LogP contribution in [-0.2, 0) is 26.2 Å². The van der Waals surface area contributed by atoms with Gasteiger partial charge in [-0.1, -0.05) is 72.2 Å². The molecule has 0 bridgehead atoms. The number of hydrogen-bond acceptors (Lipinski definition) is 4. The van der Waals surface area contributed by atoms with Crippen LogP contribution < -0.4 is 9.62 Å². The largest absolute Gasteiger partial charge is 0.354 e. The van der Waals surface area contributed by atoms with Crippen LogP contribution in [0.4, 0.5) is 10.1 Å². The van der Waals surface area contributed by atoms with Gasteiger partial charge in [0.25, 0.3) is 10.0 Å². The molecule has 0 heterocycles. The van der Waals surface area contributed by atoms with Crippen molar-refractivity contribution in [2.75, 3.05) is 17.4 Å². The van der Waals surface area contributed by atoms with Crippen molar-refractivity contribution in [2.24, 2.45) is 5.92 Å². The fraction of sp³-hybridized carbons (Fsp3) is 0.286. The number of carbonyl (C=O) groups is 2. The van der Waals surface area contributed by atoms with E-state index in [4.69, 9.17) is 0 Å². The van der Waals surface area contributed by atoms with Crippen LogP contribution in [0.1, 0.15) is 26.3 Å². The summed E-state index contributed by atoms with van der Waals surface area (Å²) in [5, 5.41) is 2.80. The molecule has 3 aromatic rings. The maximum Gasteiger partial charge on any atom is 0.264 e. The Kier molecular flexibility index (Phi) is 10.0. The number of hydrogen-bond donors (Lipinski definition) is 1. The minimum absolute atomic E-state index is 0.0103. The summed E-state index contributed by atoms with van der Waals surface area (Å²) < 4.78 is 43.6. The molecule has 3 aromatic carbocycles. The SMILES string of the molecule is CC(C)CNC(=O)C(C)N(Cc1ccccc1F)C(=O)CN(c1cccc(Br)c1)S(=O)(=O)c1ccccc1. The average molecular weight is 605 g/mol. The van der Waals surface area contributed by atoms with E-state index in [2.05, 4.69) is 21.2 Å². The molecule has 0 fully saturated rings. The normalized spacial score (nSPS) is 12.2. The Bertz CT molecular complexity index is 1370. The third kappa shape index (κ3) is 7.41. The minimum atomic E-state index is -4.16. The zero-order valence-electron chi connectivity index (χ0n) is 21.5. The maximum absolute atomic E-state index is 14.6. The number of carbonyl (C=O) groups excluding carboxylic acids is 2. The van der Waals surface area contributed by atoms with Gasteiger partial charge in [-0.3, -0.25) is 13.9 Å². The lowest BCUT2D eigenvalue weighted by atomic mass is 10.1. The van der Waals surface area contributed by atoms with Gasteiger partial charge in [0, 0.05) is 23.1 Å². The zero-order chi connectivity index (χ0) is 27.9. The molecule has 202 valence electrons. The number of amides is 2. The first-order valence-electron chi connectivity index (χ1n) is 12.1. The first-order chi connectivity index (χ1) is 18.0. The summed E-state index contributed by atoms with van der Waals surface area (Å²) in [6.07, 6.45) is 0. The van der Waals surface area contributed by atoms with Crippen LogP contribution in [0.3, 0.4) is 0 Å². The summed E-state index contributed by atoms with van der Waals surface area (Å²) in [6.45, 7) is 5.03. The third-order valence-corrected chi connectivity index (χ3v) is 8.14. The Hall–Kier alpha value is -3.24. The van der Waals surface area contributed by atoms with E-state index in [9.17, 15) is 22.4 Å². The van der Waals surface area contributed by atoms with Crippen LogP contribution in [0.2, 0.25) is 0 Å². The molecule has 0 aliphatic carbocycles. The monoisotopic (exact) mass is 603 g/mol. The summed E-state index contributed by atoms with van der Waals surface area (Å²) >= 11 is 3.36. The van der Waals surface area contributed by atoms with Crippen molar-refractivity contribution in [2.45, 2.75) is 38.3 Å². The van der Waals surface area contributed by atoms with Crippen LogP contribution in [0.15, 0.2) is 88.2 Å². The highest BCUT2D eigenvalue weighted by molar-refractivity contribution is 9.10. The highest BCUT2D eigenvalue weighted by atomic mass is 79.9. The molecule has 7 nitrogen and oxygen atoms in total. The van der Waals surface area contributed by atoms with E-state index in [-0.39, 0.29) is 28.6 Å². The fourth-order valence-electron chi connectivity index (χ4n) is 3.72. The summed E-state index contributed by atoms with van der Waals surface area (Å²) in [4.78, 5) is 28.0. The Balaban J connectivity index is 2.01. The lowest BCUT2D eigenvalue weighted by Crippen LogP contribution is -2.51. The molecule has 0 aliphatic rings. The van der Waals surface area contributed by atoms with Gasteiger partial charge in [-0.25, -0.2) is 12.8 Å². The van der Waals surface area contributed by atoms with E-state index in [1.807, 2.05) is 13.8 Å². The predicted octanol–water partition coefficient (Wildman–Crippen LogP) is 4.97. The standard InChI is InChI=1S/C28H31BrFN3O4S/c1-20(2)17-31-28(35)21(3)32(18-22-10-7-8-15-26(22)30)27(34)19-33(24-12-9-11-23(29)16-24)38(36,37)25-13-5-4-6-14-25/h4-16,20-21H,17-19H2,1-3H3,(H,31,35). The van der Waals surface area contributed by atoms with Gasteiger partial charge in [-0.2, -0.15) is 0 Å². The molecule has 38 heavy (non-hydrogen) atoms. The van der Waals surface area contributed by atoms with Crippen LogP contribution in [0.5, 0.6) is 0 Å². The molecular formula is C28H31BrFN3O4S. The van der Waals surface area contributed by atoms with Gasteiger partial charge in [0.05, 0.1) is 10.6 Å². The van der Waals surface area contributed by atoms with E-state index in [0.717, 1.165) is 4.31 Å². The number of nitrogens with one attached hydrogen (secondary N) is 1. The molecule has 0 radical (unpaired) electrons. The Morgan fingerprint density at radius 3 is 2.24 bits per heavy atom. The van der Waals surface area contributed by atoms with Gasteiger partial charge in [0.15, 0.2) is 0 Å². The number of anilines is 1. The second-order valence-corrected chi connectivity index (χ2v) is 12.0. The number of nitrogens with zero attached hydrogens (tertiary/aromatic N) is 2. The molecule has 1 atom stereocenters. The van der Waals surface area contributed by atoms with Crippen LogP contribution in [-0.4, -0.2) is 44.3 Å². The average Bonchev–Trinajstić information content (AvgIpc) is 2.89. The van der Waals surface area contributed by atoms with Crippen molar-refractivity contribution in [3.05, 3.63) is 94.7 Å². The highest BCUT2D eigenvalue weighted by Gasteiger charge is 2.32. The molecule has 0 aromatic heterocycles. The third-order valence-electron chi connectivity index (χ3n) is 5.86. The van der Waals surface area contributed by atoms with Crippen molar-refractivity contribution in [1.29, 1.82) is 0 Å². The molecular weight excluding hydrogens is 573 g/mol. The van der Waals surface area contributed by atoms with Crippen molar-refractivity contribution < 1.29 is 22.4 Å². The number of halogens is 2. The molecule has 1 N–H and O–H groups in total. The molecule has 2 amide bonds. The van der Waals surface area contributed by atoms with Crippen molar-refractivity contribution in [1.82, 2.24) is 10.2 Å². The van der Waals surface area contributed by atoms with Gasteiger partial charge in [0.1, 0.15) is 18.4 Å². The maximum atomic E-state index is 14.6. The van der Waals surface area contributed by atoms with Crippen LogP contribution in [0, 0.1) is 11.7 Å².